The molecule has 1 heterocycles. The van der Waals surface area contributed by atoms with Crippen LogP contribution in [-0.4, -0.2) is 23.3 Å². The first kappa shape index (κ1) is 19.1. The zero-order chi connectivity index (χ0) is 19.6. The number of aromatic nitrogens is 1. The molecule has 3 aromatic rings. The van der Waals surface area contributed by atoms with Crippen LogP contribution >= 0.6 is 22.9 Å². The van der Waals surface area contributed by atoms with Gasteiger partial charge in [0.15, 0.2) is 6.61 Å². The van der Waals surface area contributed by atoms with Crippen LogP contribution in [0.4, 0.5) is 8.78 Å². The molecule has 0 bridgehead atoms. The van der Waals surface area contributed by atoms with Crippen molar-refractivity contribution >= 4 is 34.7 Å². The fourth-order valence-corrected chi connectivity index (χ4v) is 3.38. The first-order valence-corrected chi connectivity index (χ1v) is 8.93. The van der Waals surface area contributed by atoms with E-state index in [1.165, 1.54) is 0 Å². The molecule has 2 aromatic carbocycles. The number of esters is 1. The summed E-state index contributed by atoms with van der Waals surface area (Å²) in [6, 6.07) is 9.46. The number of benzene rings is 2. The SMILES string of the molecule is Cc1nc(-c2ccc(Cl)cc2)sc1C(=O)OCC(=O)c1cc(F)ccc1F. The van der Waals surface area contributed by atoms with E-state index in [4.69, 9.17) is 16.3 Å². The minimum atomic E-state index is -0.878. The first-order chi connectivity index (χ1) is 12.8. The van der Waals surface area contributed by atoms with Gasteiger partial charge in [-0.3, -0.25) is 4.79 Å². The molecule has 8 heteroatoms. The largest absolute Gasteiger partial charge is 0.453 e. The lowest BCUT2D eigenvalue weighted by molar-refractivity contribution is 0.0477. The number of hydrogen-bond acceptors (Lipinski definition) is 5. The number of hydrogen-bond donors (Lipinski definition) is 0. The van der Waals surface area contributed by atoms with Crippen molar-refractivity contribution < 1.29 is 23.1 Å². The van der Waals surface area contributed by atoms with E-state index < -0.39 is 35.6 Å². The minimum absolute atomic E-state index is 0.229. The van der Waals surface area contributed by atoms with Crippen molar-refractivity contribution in [2.24, 2.45) is 0 Å². The van der Waals surface area contributed by atoms with Crippen LogP contribution in [-0.2, 0) is 4.74 Å². The van der Waals surface area contributed by atoms with Crippen LogP contribution in [0.1, 0.15) is 25.7 Å². The molecule has 0 spiro atoms. The second kappa shape index (κ2) is 7.94. The summed E-state index contributed by atoms with van der Waals surface area (Å²) in [5.74, 6) is -3.22. The zero-order valence-electron chi connectivity index (χ0n) is 14.0. The van der Waals surface area contributed by atoms with E-state index in [1.807, 2.05) is 0 Å². The van der Waals surface area contributed by atoms with Crippen LogP contribution in [0.5, 0.6) is 0 Å². The van der Waals surface area contributed by atoms with Crippen LogP contribution in [0.25, 0.3) is 10.6 Å². The standard InChI is InChI=1S/C19H12ClF2NO3S/c1-10-17(27-18(23-10)11-2-4-12(20)5-3-11)19(25)26-9-16(24)14-8-13(21)6-7-15(14)22/h2-8H,9H2,1H3. The lowest BCUT2D eigenvalue weighted by atomic mass is 10.1. The first-order valence-electron chi connectivity index (χ1n) is 7.74. The lowest BCUT2D eigenvalue weighted by Crippen LogP contribution is -2.15. The molecule has 0 N–H and O–H groups in total. The van der Waals surface area contributed by atoms with E-state index in [9.17, 15) is 18.4 Å². The fourth-order valence-electron chi connectivity index (χ4n) is 2.29. The van der Waals surface area contributed by atoms with Gasteiger partial charge in [-0.05, 0) is 37.3 Å². The third-order valence-corrected chi connectivity index (χ3v) is 5.07. The molecule has 0 atom stereocenters. The molecule has 27 heavy (non-hydrogen) atoms. The van der Waals surface area contributed by atoms with Crippen LogP contribution < -0.4 is 0 Å². The monoisotopic (exact) mass is 407 g/mol. The van der Waals surface area contributed by atoms with Crippen molar-refractivity contribution in [2.75, 3.05) is 6.61 Å². The summed E-state index contributed by atoms with van der Waals surface area (Å²) in [7, 11) is 0. The molecule has 0 unspecified atom stereocenters. The maximum Gasteiger partial charge on any atom is 0.350 e. The number of thiazole rings is 1. The number of Topliss-reactive ketones (excluding diaryl/α,β-unsaturated/α-hetero) is 1. The van der Waals surface area contributed by atoms with E-state index in [0.717, 1.165) is 35.1 Å². The van der Waals surface area contributed by atoms with E-state index in [0.29, 0.717) is 15.7 Å². The number of halogens is 3. The fraction of sp³-hybridized carbons (Fsp3) is 0.105. The molecular formula is C19H12ClF2NO3S. The maximum atomic E-state index is 13.6. The van der Waals surface area contributed by atoms with E-state index in [2.05, 4.69) is 4.98 Å². The number of aryl methyl sites for hydroxylation is 1. The molecule has 0 saturated heterocycles. The molecule has 0 aliphatic carbocycles. The quantitative estimate of drug-likeness (QED) is 0.436. The van der Waals surface area contributed by atoms with Gasteiger partial charge in [-0.25, -0.2) is 18.6 Å². The Morgan fingerprint density at radius 3 is 2.56 bits per heavy atom. The summed E-state index contributed by atoms with van der Waals surface area (Å²) >= 11 is 6.96. The topological polar surface area (TPSA) is 56.3 Å². The van der Waals surface area contributed by atoms with Crippen LogP contribution in [0.15, 0.2) is 42.5 Å². The predicted octanol–water partition coefficient (Wildman–Crippen LogP) is 5.09. The molecule has 4 nitrogen and oxygen atoms in total. The summed E-state index contributed by atoms with van der Waals surface area (Å²) < 4.78 is 31.7. The predicted molar refractivity (Wildman–Crippen MR) is 98.3 cm³/mol. The van der Waals surface area contributed by atoms with Gasteiger partial charge in [0.05, 0.1) is 11.3 Å². The summed E-state index contributed by atoms with van der Waals surface area (Å²) in [6.07, 6.45) is 0. The van der Waals surface area contributed by atoms with E-state index in [-0.39, 0.29) is 4.88 Å². The summed E-state index contributed by atoms with van der Waals surface area (Å²) in [6.45, 7) is 0.938. The van der Waals surface area contributed by atoms with Gasteiger partial charge in [0, 0.05) is 10.6 Å². The molecule has 0 radical (unpaired) electrons. The number of ether oxygens (including phenoxy) is 1. The Morgan fingerprint density at radius 1 is 1.15 bits per heavy atom. The van der Waals surface area contributed by atoms with Crippen LogP contribution in [0, 0.1) is 18.6 Å². The summed E-state index contributed by atoms with van der Waals surface area (Å²) in [5.41, 5.74) is 0.759. The van der Waals surface area contributed by atoms with E-state index >= 15 is 0 Å². The molecular weight excluding hydrogens is 396 g/mol. The number of carbonyl (C=O) groups excluding carboxylic acids is 2. The normalized spacial score (nSPS) is 10.7. The Bertz CT molecular complexity index is 1020. The Balaban J connectivity index is 1.72. The van der Waals surface area contributed by atoms with Gasteiger partial charge in [-0.15, -0.1) is 11.3 Å². The number of nitrogens with zero attached hydrogens (tertiary/aromatic N) is 1. The van der Waals surface area contributed by atoms with Crippen LogP contribution in [0.2, 0.25) is 5.02 Å². The van der Waals surface area contributed by atoms with Gasteiger partial charge in [-0.1, -0.05) is 23.7 Å². The van der Waals surface area contributed by atoms with Crippen molar-refractivity contribution in [3.05, 3.63) is 75.3 Å². The molecule has 3 rings (SSSR count). The Hall–Kier alpha value is -2.64. The molecule has 0 amide bonds. The summed E-state index contributed by atoms with van der Waals surface area (Å²) in [5, 5.41) is 1.17. The second-order valence-corrected chi connectivity index (χ2v) is 7.00. The van der Waals surface area contributed by atoms with Gasteiger partial charge in [-0.2, -0.15) is 0 Å². The summed E-state index contributed by atoms with van der Waals surface area (Å²) in [4.78, 5) is 28.8. The van der Waals surface area contributed by atoms with Gasteiger partial charge in [0.2, 0.25) is 5.78 Å². The number of carbonyl (C=O) groups is 2. The van der Waals surface area contributed by atoms with Gasteiger partial charge >= 0.3 is 5.97 Å². The molecule has 0 aliphatic heterocycles. The average Bonchev–Trinajstić information content (AvgIpc) is 3.04. The lowest BCUT2D eigenvalue weighted by Gasteiger charge is -2.04. The Labute approximate surface area is 162 Å². The van der Waals surface area contributed by atoms with E-state index in [1.54, 1.807) is 31.2 Å². The zero-order valence-corrected chi connectivity index (χ0v) is 15.5. The number of rotatable bonds is 5. The molecule has 138 valence electrons. The van der Waals surface area contributed by atoms with Crippen molar-refractivity contribution in [1.29, 1.82) is 0 Å². The van der Waals surface area contributed by atoms with Crippen molar-refractivity contribution in [1.82, 2.24) is 4.98 Å². The van der Waals surface area contributed by atoms with Crippen molar-refractivity contribution in [2.45, 2.75) is 6.92 Å². The van der Waals surface area contributed by atoms with Crippen molar-refractivity contribution in [3.63, 3.8) is 0 Å². The number of ketones is 1. The molecule has 0 aliphatic rings. The van der Waals surface area contributed by atoms with Gasteiger partial charge < -0.3 is 4.74 Å². The maximum absolute atomic E-state index is 13.6. The van der Waals surface area contributed by atoms with Crippen molar-refractivity contribution in [3.8, 4) is 10.6 Å². The highest BCUT2D eigenvalue weighted by molar-refractivity contribution is 7.17. The highest BCUT2D eigenvalue weighted by atomic mass is 35.5. The smallest absolute Gasteiger partial charge is 0.350 e. The Morgan fingerprint density at radius 2 is 1.85 bits per heavy atom. The highest BCUT2D eigenvalue weighted by Gasteiger charge is 2.20. The third-order valence-electron chi connectivity index (χ3n) is 3.64. The molecule has 0 fully saturated rings. The highest BCUT2D eigenvalue weighted by Crippen LogP contribution is 2.29. The average molecular weight is 408 g/mol. The molecule has 1 aromatic heterocycles. The Kier molecular flexibility index (Phi) is 5.62. The molecule has 0 saturated carbocycles. The van der Waals surface area contributed by atoms with Crippen LogP contribution in [0.3, 0.4) is 0 Å². The second-order valence-electron chi connectivity index (χ2n) is 5.56. The third kappa shape index (κ3) is 4.37. The van der Waals surface area contributed by atoms with Gasteiger partial charge in [0.25, 0.3) is 0 Å². The van der Waals surface area contributed by atoms with Gasteiger partial charge in [0.1, 0.15) is 21.5 Å². The minimum Gasteiger partial charge on any atom is -0.453 e.